The van der Waals surface area contributed by atoms with E-state index >= 15 is 0 Å². The molecule has 0 spiro atoms. The molecular formula is C10H11FN2O. The van der Waals surface area contributed by atoms with Crippen LogP contribution in [0.3, 0.4) is 0 Å². The molecule has 0 atom stereocenters. The minimum atomic E-state index is -0.465. The van der Waals surface area contributed by atoms with Crippen molar-refractivity contribution >= 4 is 11.7 Å². The van der Waals surface area contributed by atoms with Crippen LogP contribution in [-0.2, 0) is 0 Å². The van der Waals surface area contributed by atoms with E-state index in [-0.39, 0.29) is 5.69 Å². The van der Waals surface area contributed by atoms with Crippen molar-refractivity contribution in [1.29, 1.82) is 0 Å². The van der Waals surface area contributed by atoms with Crippen molar-refractivity contribution in [3.63, 3.8) is 0 Å². The molecule has 0 fully saturated rings. The highest BCUT2D eigenvalue weighted by Crippen LogP contribution is 2.11. The Bertz CT molecular complexity index is 350. The molecule has 0 aliphatic rings. The Morgan fingerprint density at radius 3 is 2.79 bits per heavy atom. The average Bonchev–Trinajstić information content (AvgIpc) is 2.18. The summed E-state index contributed by atoms with van der Waals surface area (Å²) in [5.41, 5.74) is 0.162. The molecule has 1 aromatic rings. The lowest BCUT2D eigenvalue weighted by atomic mass is 10.3. The monoisotopic (exact) mass is 194 g/mol. The molecule has 0 aliphatic heterocycles. The number of carbonyl (C=O) groups is 1. The van der Waals surface area contributed by atoms with Crippen molar-refractivity contribution in [2.45, 2.75) is 6.92 Å². The summed E-state index contributed by atoms with van der Waals surface area (Å²) in [5.74, 6) is -0.455. The second-order valence-corrected chi connectivity index (χ2v) is 2.58. The van der Waals surface area contributed by atoms with Gasteiger partial charge >= 0.3 is 6.03 Å². The summed E-state index contributed by atoms with van der Waals surface area (Å²) >= 11 is 0. The third-order valence-corrected chi connectivity index (χ3v) is 1.50. The molecule has 0 aromatic heterocycles. The molecule has 0 bridgehead atoms. The highest BCUT2D eigenvalue weighted by Gasteiger charge is 2.03. The molecular weight excluding hydrogens is 183 g/mol. The van der Waals surface area contributed by atoms with E-state index < -0.39 is 11.8 Å². The first-order valence-electron chi connectivity index (χ1n) is 4.17. The summed E-state index contributed by atoms with van der Waals surface area (Å²) in [6.07, 6.45) is 3.14. The van der Waals surface area contributed by atoms with Crippen LogP contribution in [0.5, 0.6) is 0 Å². The summed E-state index contributed by atoms with van der Waals surface area (Å²) < 4.78 is 13.0. The first-order valence-corrected chi connectivity index (χ1v) is 4.17. The zero-order valence-electron chi connectivity index (χ0n) is 7.75. The number of para-hydroxylation sites is 1. The number of nitrogens with one attached hydrogen (secondary N) is 2. The van der Waals surface area contributed by atoms with Gasteiger partial charge in [-0.1, -0.05) is 18.2 Å². The van der Waals surface area contributed by atoms with Gasteiger partial charge in [0.2, 0.25) is 0 Å². The topological polar surface area (TPSA) is 41.1 Å². The first-order chi connectivity index (χ1) is 6.74. The molecule has 0 radical (unpaired) electrons. The molecule has 2 N–H and O–H groups in total. The van der Waals surface area contributed by atoms with Crippen LogP contribution < -0.4 is 10.6 Å². The lowest BCUT2D eigenvalue weighted by Gasteiger charge is -2.04. The maximum atomic E-state index is 13.0. The van der Waals surface area contributed by atoms with Crippen molar-refractivity contribution in [3.05, 3.63) is 42.4 Å². The number of benzene rings is 1. The molecule has 0 saturated heterocycles. The highest BCUT2D eigenvalue weighted by molar-refractivity contribution is 5.89. The zero-order valence-corrected chi connectivity index (χ0v) is 7.75. The van der Waals surface area contributed by atoms with E-state index in [4.69, 9.17) is 0 Å². The lowest BCUT2D eigenvalue weighted by Crippen LogP contribution is -2.24. The minimum Gasteiger partial charge on any atom is -0.315 e. The predicted octanol–water partition coefficient (Wildman–Crippen LogP) is 2.48. The minimum absolute atomic E-state index is 0.162. The Kier molecular flexibility index (Phi) is 3.67. The Hall–Kier alpha value is -1.84. The molecule has 2 amide bonds. The van der Waals surface area contributed by atoms with Gasteiger partial charge < -0.3 is 10.6 Å². The molecule has 1 rings (SSSR count). The lowest BCUT2D eigenvalue weighted by molar-refractivity contribution is 0.255. The van der Waals surface area contributed by atoms with Gasteiger partial charge in [0.15, 0.2) is 0 Å². The average molecular weight is 194 g/mol. The summed E-state index contributed by atoms with van der Waals surface area (Å²) in [7, 11) is 0. The van der Waals surface area contributed by atoms with Gasteiger partial charge in [-0.05, 0) is 19.1 Å². The molecule has 0 heterocycles. The number of halogens is 1. The summed E-state index contributed by atoms with van der Waals surface area (Å²) in [6, 6.07) is 5.52. The Labute approximate surface area is 81.6 Å². The van der Waals surface area contributed by atoms with Crippen LogP contribution in [0.1, 0.15) is 6.92 Å². The van der Waals surface area contributed by atoms with Crippen LogP contribution in [-0.4, -0.2) is 6.03 Å². The van der Waals surface area contributed by atoms with Gasteiger partial charge in [0.25, 0.3) is 0 Å². The third kappa shape index (κ3) is 2.90. The molecule has 4 heteroatoms. The van der Waals surface area contributed by atoms with Gasteiger partial charge in [0, 0.05) is 6.20 Å². The van der Waals surface area contributed by atoms with Crippen LogP contribution in [0.25, 0.3) is 0 Å². The molecule has 0 aliphatic carbocycles. The summed E-state index contributed by atoms with van der Waals surface area (Å²) in [6.45, 7) is 1.77. The van der Waals surface area contributed by atoms with E-state index in [1.807, 2.05) is 0 Å². The van der Waals surface area contributed by atoms with Crippen molar-refractivity contribution < 1.29 is 9.18 Å². The second-order valence-electron chi connectivity index (χ2n) is 2.58. The van der Waals surface area contributed by atoms with Crippen LogP contribution in [0, 0.1) is 5.82 Å². The quantitative estimate of drug-likeness (QED) is 0.746. The number of anilines is 1. The van der Waals surface area contributed by atoms with Crippen molar-refractivity contribution in [3.8, 4) is 0 Å². The molecule has 1 aromatic carbocycles. The van der Waals surface area contributed by atoms with Crippen molar-refractivity contribution in [1.82, 2.24) is 5.32 Å². The van der Waals surface area contributed by atoms with Crippen LogP contribution in [0.4, 0.5) is 14.9 Å². The molecule has 14 heavy (non-hydrogen) atoms. The number of urea groups is 1. The maximum absolute atomic E-state index is 13.0. The molecule has 74 valence electrons. The maximum Gasteiger partial charge on any atom is 0.323 e. The number of hydrogen-bond donors (Lipinski definition) is 2. The van der Waals surface area contributed by atoms with E-state index in [0.29, 0.717) is 0 Å². The van der Waals surface area contributed by atoms with Crippen LogP contribution in [0.2, 0.25) is 0 Å². The fourth-order valence-electron chi connectivity index (χ4n) is 0.880. The fourth-order valence-corrected chi connectivity index (χ4v) is 0.880. The number of hydrogen-bond acceptors (Lipinski definition) is 1. The Morgan fingerprint density at radius 1 is 1.43 bits per heavy atom. The van der Waals surface area contributed by atoms with Crippen LogP contribution in [0.15, 0.2) is 36.5 Å². The normalized spacial score (nSPS) is 10.1. The van der Waals surface area contributed by atoms with Crippen molar-refractivity contribution in [2.24, 2.45) is 0 Å². The number of carbonyl (C=O) groups excluding carboxylic acids is 1. The summed E-state index contributed by atoms with van der Waals surface area (Å²) in [4.78, 5) is 11.1. The van der Waals surface area contributed by atoms with Crippen LogP contribution >= 0.6 is 0 Å². The number of allylic oxidation sites excluding steroid dienone is 1. The fraction of sp³-hybridized carbons (Fsp3) is 0.100. The largest absolute Gasteiger partial charge is 0.323 e. The van der Waals surface area contributed by atoms with E-state index in [1.165, 1.54) is 18.3 Å². The second kappa shape index (κ2) is 5.01. The Morgan fingerprint density at radius 2 is 2.14 bits per heavy atom. The van der Waals surface area contributed by atoms with Gasteiger partial charge in [-0.25, -0.2) is 9.18 Å². The number of amides is 2. The number of rotatable bonds is 2. The van der Waals surface area contributed by atoms with Crippen molar-refractivity contribution in [2.75, 3.05) is 5.32 Å². The molecule has 0 unspecified atom stereocenters. The Balaban J connectivity index is 2.60. The standard InChI is InChI=1S/C10H11FN2O/c1-2-7-12-10(14)13-9-6-4-3-5-8(9)11/h2-7H,1H3,(H2,12,13,14)/b7-2+. The SMILES string of the molecule is C/C=C/NC(=O)Nc1ccccc1F. The summed E-state index contributed by atoms with van der Waals surface area (Å²) in [5, 5.41) is 4.78. The van der Waals surface area contributed by atoms with Gasteiger partial charge in [0.1, 0.15) is 5.82 Å². The highest BCUT2D eigenvalue weighted by atomic mass is 19.1. The van der Waals surface area contributed by atoms with E-state index in [9.17, 15) is 9.18 Å². The smallest absolute Gasteiger partial charge is 0.315 e. The first kappa shape index (κ1) is 10.2. The van der Waals surface area contributed by atoms with E-state index in [0.717, 1.165) is 0 Å². The predicted molar refractivity (Wildman–Crippen MR) is 53.4 cm³/mol. The van der Waals surface area contributed by atoms with Gasteiger partial charge in [-0.3, -0.25) is 0 Å². The molecule has 0 saturated carbocycles. The van der Waals surface area contributed by atoms with Gasteiger partial charge in [-0.15, -0.1) is 0 Å². The van der Waals surface area contributed by atoms with Gasteiger partial charge in [0.05, 0.1) is 5.69 Å². The third-order valence-electron chi connectivity index (χ3n) is 1.50. The molecule has 3 nitrogen and oxygen atoms in total. The van der Waals surface area contributed by atoms with E-state index in [1.54, 1.807) is 25.1 Å². The van der Waals surface area contributed by atoms with Gasteiger partial charge in [-0.2, -0.15) is 0 Å². The zero-order chi connectivity index (χ0) is 10.4. The van der Waals surface area contributed by atoms with E-state index in [2.05, 4.69) is 10.6 Å².